The van der Waals surface area contributed by atoms with Gasteiger partial charge in [0, 0.05) is 15.9 Å². The molecular weight excluding hydrogens is 284 g/mol. The molecule has 0 aliphatic heterocycles. The van der Waals surface area contributed by atoms with Crippen molar-refractivity contribution >= 4 is 27.3 Å². The monoisotopic (exact) mass is 300 g/mol. The predicted octanol–water partition coefficient (Wildman–Crippen LogP) is 2.90. The van der Waals surface area contributed by atoms with Crippen LogP contribution in [0.25, 0.3) is 0 Å². The first-order chi connectivity index (χ1) is 7.72. The largest absolute Gasteiger partial charge is 0.329 e. The second kappa shape index (κ2) is 7.08. The Kier molecular flexibility index (Phi) is 6.07. The van der Waals surface area contributed by atoms with E-state index in [1.807, 2.05) is 6.07 Å². The highest BCUT2D eigenvalue weighted by Crippen LogP contribution is 2.28. The maximum Gasteiger partial charge on any atom is 0.0692 e. The van der Waals surface area contributed by atoms with Gasteiger partial charge in [-0.2, -0.15) is 0 Å². The molecule has 1 aromatic rings. The Morgan fingerprint density at radius 3 is 2.88 bits per heavy atom. The zero-order chi connectivity index (χ0) is 12.0. The minimum Gasteiger partial charge on any atom is -0.329 e. The lowest BCUT2D eigenvalue weighted by Crippen LogP contribution is -2.35. The molecule has 0 fully saturated rings. The molecule has 1 heterocycles. The van der Waals surface area contributed by atoms with E-state index in [-0.39, 0.29) is 12.1 Å². The van der Waals surface area contributed by atoms with Crippen LogP contribution in [-0.2, 0) is 0 Å². The van der Waals surface area contributed by atoms with Crippen LogP contribution in [0.4, 0.5) is 0 Å². The van der Waals surface area contributed by atoms with E-state index in [2.05, 4.69) is 39.5 Å². The molecule has 88 valence electrons. The number of nitrogens with one attached hydrogen (secondary N) is 1. The zero-order valence-electron chi connectivity index (χ0n) is 9.37. The molecule has 4 heteroatoms. The van der Waals surface area contributed by atoms with Crippen LogP contribution in [-0.4, -0.2) is 12.6 Å². The van der Waals surface area contributed by atoms with Gasteiger partial charge in [0.15, 0.2) is 0 Å². The second-order valence-electron chi connectivity index (χ2n) is 3.60. The molecule has 2 unspecified atom stereocenters. The predicted molar refractivity (Wildman–Crippen MR) is 74.5 cm³/mol. The van der Waals surface area contributed by atoms with Gasteiger partial charge in [-0.05, 0) is 33.8 Å². The standard InChI is InChI=1S/C12H17BrN2S/c1-3-5-9(4-2)15-11(8-14)12-10(13)6-7-16-12/h2,6-7,9,11,15H,3,5,8,14H2,1H3. The molecular formula is C12H17BrN2S. The van der Waals surface area contributed by atoms with Gasteiger partial charge in [-0.3, -0.25) is 5.32 Å². The summed E-state index contributed by atoms with van der Waals surface area (Å²) in [6.45, 7) is 2.69. The topological polar surface area (TPSA) is 38.0 Å². The van der Waals surface area contributed by atoms with E-state index in [0.29, 0.717) is 6.54 Å². The Balaban J connectivity index is 2.69. The van der Waals surface area contributed by atoms with Crippen LogP contribution in [0.2, 0.25) is 0 Å². The summed E-state index contributed by atoms with van der Waals surface area (Å²) in [7, 11) is 0. The molecule has 0 spiro atoms. The molecule has 2 nitrogen and oxygen atoms in total. The lowest BCUT2D eigenvalue weighted by molar-refractivity contribution is 0.479. The van der Waals surface area contributed by atoms with Gasteiger partial charge >= 0.3 is 0 Å². The first-order valence-electron chi connectivity index (χ1n) is 5.38. The molecule has 0 saturated heterocycles. The molecule has 0 amide bonds. The fourth-order valence-corrected chi connectivity index (χ4v) is 3.27. The minimum absolute atomic E-state index is 0.104. The van der Waals surface area contributed by atoms with Crippen LogP contribution < -0.4 is 11.1 Å². The molecule has 0 bridgehead atoms. The minimum atomic E-state index is 0.104. The van der Waals surface area contributed by atoms with Gasteiger partial charge < -0.3 is 5.73 Å². The number of rotatable bonds is 6. The van der Waals surface area contributed by atoms with Crippen LogP contribution >= 0.6 is 27.3 Å². The van der Waals surface area contributed by atoms with Gasteiger partial charge in [-0.1, -0.05) is 19.3 Å². The smallest absolute Gasteiger partial charge is 0.0692 e. The van der Waals surface area contributed by atoms with E-state index >= 15 is 0 Å². The van der Waals surface area contributed by atoms with Crippen molar-refractivity contribution in [2.45, 2.75) is 31.8 Å². The van der Waals surface area contributed by atoms with Crippen LogP contribution in [0.3, 0.4) is 0 Å². The number of hydrogen-bond acceptors (Lipinski definition) is 3. The van der Waals surface area contributed by atoms with Crippen molar-refractivity contribution in [1.82, 2.24) is 5.32 Å². The van der Waals surface area contributed by atoms with E-state index in [1.54, 1.807) is 11.3 Å². The molecule has 1 aromatic heterocycles. The fraction of sp³-hybridized carbons (Fsp3) is 0.500. The Bertz CT molecular complexity index is 356. The Labute approximate surface area is 110 Å². The third kappa shape index (κ3) is 3.60. The molecule has 16 heavy (non-hydrogen) atoms. The summed E-state index contributed by atoms with van der Waals surface area (Å²) in [5.74, 6) is 2.77. The molecule has 0 aliphatic carbocycles. The van der Waals surface area contributed by atoms with Crippen LogP contribution in [0.15, 0.2) is 15.9 Å². The maximum absolute atomic E-state index is 5.79. The van der Waals surface area contributed by atoms with Gasteiger partial charge in [0.1, 0.15) is 0 Å². The van der Waals surface area contributed by atoms with E-state index in [4.69, 9.17) is 12.2 Å². The van der Waals surface area contributed by atoms with E-state index in [0.717, 1.165) is 17.3 Å². The summed E-state index contributed by atoms with van der Waals surface area (Å²) >= 11 is 5.22. The molecule has 0 saturated carbocycles. The highest BCUT2D eigenvalue weighted by Gasteiger charge is 2.17. The van der Waals surface area contributed by atoms with Crippen molar-refractivity contribution in [3.8, 4) is 12.3 Å². The summed E-state index contributed by atoms with van der Waals surface area (Å²) in [6.07, 6.45) is 7.55. The average molecular weight is 301 g/mol. The lowest BCUT2D eigenvalue weighted by atomic mass is 10.1. The maximum atomic E-state index is 5.79. The summed E-state index contributed by atoms with van der Waals surface area (Å²) in [6, 6.07) is 2.28. The number of terminal acetylenes is 1. The zero-order valence-corrected chi connectivity index (χ0v) is 11.8. The normalized spacial score (nSPS) is 14.4. The van der Waals surface area contributed by atoms with Gasteiger partial charge in [0.05, 0.1) is 12.1 Å². The van der Waals surface area contributed by atoms with Crippen LogP contribution in [0.1, 0.15) is 30.7 Å². The van der Waals surface area contributed by atoms with E-state index < -0.39 is 0 Å². The van der Waals surface area contributed by atoms with E-state index in [9.17, 15) is 0 Å². The lowest BCUT2D eigenvalue weighted by Gasteiger charge is -2.20. The van der Waals surface area contributed by atoms with Crippen molar-refractivity contribution in [3.05, 3.63) is 20.8 Å². The first-order valence-corrected chi connectivity index (χ1v) is 7.05. The molecule has 2 atom stereocenters. The first kappa shape index (κ1) is 13.7. The van der Waals surface area contributed by atoms with Gasteiger partial charge in [-0.15, -0.1) is 17.8 Å². The summed E-state index contributed by atoms with van der Waals surface area (Å²) in [4.78, 5) is 1.22. The highest BCUT2D eigenvalue weighted by atomic mass is 79.9. The fourth-order valence-electron chi connectivity index (χ4n) is 1.55. The quantitative estimate of drug-likeness (QED) is 0.793. The van der Waals surface area contributed by atoms with Crippen molar-refractivity contribution in [1.29, 1.82) is 0 Å². The van der Waals surface area contributed by atoms with Crippen LogP contribution in [0.5, 0.6) is 0 Å². The number of nitrogens with two attached hydrogens (primary N) is 1. The Morgan fingerprint density at radius 1 is 1.69 bits per heavy atom. The SMILES string of the molecule is C#CC(CCC)NC(CN)c1sccc1Br. The van der Waals surface area contributed by atoms with Crippen molar-refractivity contribution in [3.63, 3.8) is 0 Å². The van der Waals surface area contributed by atoms with Crippen molar-refractivity contribution in [2.75, 3.05) is 6.54 Å². The second-order valence-corrected chi connectivity index (χ2v) is 5.40. The Hall–Kier alpha value is -0.340. The molecule has 0 radical (unpaired) electrons. The van der Waals surface area contributed by atoms with E-state index in [1.165, 1.54) is 4.88 Å². The number of halogens is 1. The number of thiophene rings is 1. The van der Waals surface area contributed by atoms with Gasteiger partial charge in [-0.25, -0.2) is 0 Å². The third-order valence-electron chi connectivity index (χ3n) is 2.38. The molecule has 0 aromatic carbocycles. The van der Waals surface area contributed by atoms with Gasteiger partial charge in [0.2, 0.25) is 0 Å². The summed E-state index contributed by atoms with van der Waals surface area (Å²) < 4.78 is 1.10. The summed E-state index contributed by atoms with van der Waals surface area (Å²) in [5, 5.41) is 5.47. The molecule has 0 aliphatic rings. The van der Waals surface area contributed by atoms with Crippen molar-refractivity contribution in [2.24, 2.45) is 5.73 Å². The Morgan fingerprint density at radius 2 is 2.44 bits per heavy atom. The number of hydrogen-bond donors (Lipinski definition) is 2. The summed E-state index contributed by atoms with van der Waals surface area (Å²) in [5.41, 5.74) is 5.79. The molecule has 1 rings (SSSR count). The highest BCUT2D eigenvalue weighted by molar-refractivity contribution is 9.10. The molecule has 3 N–H and O–H groups in total. The third-order valence-corrected chi connectivity index (χ3v) is 4.36. The van der Waals surface area contributed by atoms with Gasteiger partial charge in [0.25, 0.3) is 0 Å². The van der Waals surface area contributed by atoms with Crippen LogP contribution in [0, 0.1) is 12.3 Å². The van der Waals surface area contributed by atoms with Crippen molar-refractivity contribution < 1.29 is 0 Å². The average Bonchev–Trinajstić information content (AvgIpc) is 2.71.